The first-order valence-electron chi connectivity index (χ1n) is 19.0. The van der Waals surface area contributed by atoms with Crippen molar-refractivity contribution in [1.82, 2.24) is 20.6 Å². The molecule has 0 radical (unpaired) electrons. The maximum Gasteiger partial charge on any atom is 0.326 e. The van der Waals surface area contributed by atoms with E-state index in [1.54, 1.807) is 30.3 Å². The summed E-state index contributed by atoms with van der Waals surface area (Å²) in [7, 11) is 0. The maximum absolute atomic E-state index is 12.7. The number of aromatic nitrogens is 2. The van der Waals surface area contributed by atoms with Gasteiger partial charge in [0.05, 0.1) is 13.2 Å². The molecule has 4 heterocycles. The number of aromatic amines is 2. The van der Waals surface area contributed by atoms with Gasteiger partial charge in [0, 0.05) is 40.7 Å². The van der Waals surface area contributed by atoms with E-state index in [4.69, 9.17) is 28.4 Å². The Morgan fingerprint density at radius 3 is 1.62 bits per heavy atom. The molecular weight excluding hydrogens is 800 g/mol. The van der Waals surface area contributed by atoms with Gasteiger partial charge >= 0.3 is 5.97 Å². The van der Waals surface area contributed by atoms with Gasteiger partial charge in [0.25, 0.3) is 11.8 Å². The summed E-state index contributed by atoms with van der Waals surface area (Å²) >= 11 is 0. The Morgan fingerprint density at radius 1 is 0.667 bits per heavy atom. The standard InChI is InChI=1S/C38H48N4O18/c43-13-26-30(47)32(49)34(51)37(59-26)57-24-11-40-21-6-4-17(9-19(21)24)55-15-28(45)39-8-2-1-3-23(36(53)54)42-29(46)16-56-18-5-7-22-20(10-18)25(12-41-22)58-38-35(52)33(50)31(48)27(14-44)60-38/h4-7,9-12,23,26-27,30-35,37-38,40-41,43-44,47-52H,1-3,8,13-16H2,(H,39,45)(H,42,46)(H,53,54)/t23?,26-,27-,30+,31+,32-,33+,34-,35-,37-,38-/m1/s1. The van der Waals surface area contributed by atoms with E-state index in [-0.39, 0.29) is 36.8 Å². The number of H-pyrrole nitrogens is 2. The summed E-state index contributed by atoms with van der Waals surface area (Å²) in [5.74, 6) is -1.51. The summed E-state index contributed by atoms with van der Waals surface area (Å²) in [4.78, 5) is 43.0. The van der Waals surface area contributed by atoms with Crippen LogP contribution in [0.3, 0.4) is 0 Å². The number of nitrogens with one attached hydrogen (secondary N) is 4. The Morgan fingerprint density at radius 2 is 1.15 bits per heavy atom. The molecule has 6 rings (SSSR count). The van der Waals surface area contributed by atoms with Crippen LogP contribution in [0.4, 0.5) is 0 Å². The van der Waals surface area contributed by atoms with Gasteiger partial charge in [-0.2, -0.15) is 0 Å². The molecule has 328 valence electrons. The molecule has 2 amide bonds. The molecule has 0 saturated carbocycles. The van der Waals surface area contributed by atoms with Crippen molar-refractivity contribution >= 4 is 39.6 Å². The average molecular weight is 849 g/mol. The van der Waals surface area contributed by atoms with Crippen molar-refractivity contribution in [3.8, 4) is 23.0 Å². The van der Waals surface area contributed by atoms with Gasteiger partial charge in [0.15, 0.2) is 13.2 Å². The number of amides is 2. The van der Waals surface area contributed by atoms with Crippen molar-refractivity contribution in [2.45, 2.75) is 86.7 Å². The fourth-order valence-corrected chi connectivity index (χ4v) is 6.65. The average Bonchev–Trinajstić information content (AvgIpc) is 3.84. The number of aliphatic hydroxyl groups is 8. The topological polar surface area (TPSA) is 344 Å². The number of aliphatic hydroxyl groups excluding tert-OH is 8. The van der Waals surface area contributed by atoms with Crippen LogP contribution in [0, 0.1) is 0 Å². The molecule has 11 atom stereocenters. The van der Waals surface area contributed by atoms with E-state index in [1.807, 2.05) is 0 Å². The van der Waals surface area contributed by atoms with E-state index in [9.17, 15) is 60.3 Å². The molecule has 0 aliphatic carbocycles. The number of aliphatic carboxylic acids is 1. The number of carbonyl (C=O) groups excluding carboxylic acids is 2. The van der Waals surface area contributed by atoms with E-state index in [0.29, 0.717) is 40.4 Å². The zero-order valence-electron chi connectivity index (χ0n) is 31.8. The lowest BCUT2D eigenvalue weighted by Crippen LogP contribution is -2.60. The lowest BCUT2D eigenvalue weighted by atomic mass is 9.99. The number of hydrogen-bond donors (Lipinski definition) is 13. The Balaban J connectivity index is 0.910. The zero-order chi connectivity index (χ0) is 43.1. The molecule has 2 aromatic heterocycles. The van der Waals surface area contributed by atoms with Crippen molar-refractivity contribution in [2.24, 2.45) is 0 Å². The molecule has 0 bridgehead atoms. The van der Waals surface area contributed by atoms with Crippen molar-refractivity contribution in [2.75, 3.05) is 33.0 Å². The minimum atomic E-state index is -1.64. The lowest BCUT2D eigenvalue weighted by Gasteiger charge is -2.39. The third-order valence-corrected chi connectivity index (χ3v) is 10.0. The number of carbonyl (C=O) groups is 3. The second kappa shape index (κ2) is 19.9. The first-order valence-corrected chi connectivity index (χ1v) is 19.0. The molecule has 60 heavy (non-hydrogen) atoms. The third-order valence-electron chi connectivity index (χ3n) is 10.0. The lowest BCUT2D eigenvalue weighted by molar-refractivity contribution is -0.277. The molecule has 0 spiro atoms. The van der Waals surface area contributed by atoms with Crippen LogP contribution in [0.5, 0.6) is 23.0 Å². The maximum atomic E-state index is 12.7. The van der Waals surface area contributed by atoms with Gasteiger partial charge in [-0.1, -0.05) is 0 Å². The number of carboxylic acid groups (broad SMARTS) is 1. The summed E-state index contributed by atoms with van der Waals surface area (Å²) < 4.78 is 33.5. The number of benzene rings is 2. The highest BCUT2D eigenvalue weighted by molar-refractivity contribution is 5.89. The fraction of sp³-hybridized carbons (Fsp3) is 0.500. The first-order chi connectivity index (χ1) is 28.8. The summed E-state index contributed by atoms with van der Waals surface area (Å²) in [6.45, 7) is -1.92. The molecule has 2 saturated heterocycles. The zero-order valence-corrected chi connectivity index (χ0v) is 31.8. The van der Waals surface area contributed by atoms with E-state index in [0.717, 1.165) is 0 Å². The van der Waals surface area contributed by atoms with Crippen molar-refractivity contribution in [1.29, 1.82) is 0 Å². The summed E-state index contributed by atoms with van der Waals surface area (Å²) in [5, 5.41) is 95.5. The third kappa shape index (κ3) is 10.4. The highest BCUT2D eigenvalue weighted by Gasteiger charge is 2.46. The Labute approximate surface area is 340 Å². The second-order valence-corrected chi connectivity index (χ2v) is 14.2. The monoisotopic (exact) mass is 848 g/mol. The van der Waals surface area contributed by atoms with Gasteiger partial charge in [-0.15, -0.1) is 0 Å². The van der Waals surface area contributed by atoms with Gasteiger partial charge in [-0.25, -0.2) is 4.79 Å². The van der Waals surface area contributed by atoms with E-state index >= 15 is 0 Å². The Hall–Kier alpha value is -5.27. The number of ether oxygens (including phenoxy) is 6. The van der Waals surface area contributed by atoms with Crippen LogP contribution in [-0.2, 0) is 23.9 Å². The van der Waals surface area contributed by atoms with Gasteiger partial charge < -0.3 is 95.0 Å². The summed E-state index contributed by atoms with van der Waals surface area (Å²) in [6, 6.07) is 8.32. The summed E-state index contributed by atoms with van der Waals surface area (Å²) in [6.07, 6.45) is -11.0. The van der Waals surface area contributed by atoms with Gasteiger partial charge in [0.2, 0.25) is 12.6 Å². The predicted octanol–water partition coefficient (Wildman–Crippen LogP) is -2.68. The van der Waals surface area contributed by atoms with Crippen LogP contribution < -0.4 is 29.6 Å². The molecular formula is C38H48N4O18. The molecule has 4 aromatic rings. The van der Waals surface area contributed by atoms with Gasteiger partial charge in [-0.05, 0) is 55.7 Å². The van der Waals surface area contributed by atoms with Crippen molar-refractivity contribution < 1.29 is 88.8 Å². The van der Waals surface area contributed by atoms with Crippen LogP contribution in [0.25, 0.3) is 21.8 Å². The number of fused-ring (bicyclic) bond motifs is 2. The normalized spacial score (nSPS) is 27.3. The molecule has 13 N–H and O–H groups in total. The minimum absolute atomic E-state index is 0.0611. The minimum Gasteiger partial charge on any atom is -0.484 e. The number of hydrogen-bond acceptors (Lipinski definition) is 17. The van der Waals surface area contributed by atoms with Crippen molar-refractivity contribution in [3.63, 3.8) is 0 Å². The smallest absolute Gasteiger partial charge is 0.326 e. The molecule has 2 aliphatic heterocycles. The molecule has 2 fully saturated rings. The van der Waals surface area contributed by atoms with Crippen LogP contribution in [0.2, 0.25) is 0 Å². The Bertz CT molecular complexity index is 2070. The van der Waals surface area contributed by atoms with Gasteiger partial charge in [0.1, 0.15) is 77.9 Å². The predicted molar refractivity (Wildman–Crippen MR) is 203 cm³/mol. The number of rotatable bonds is 19. The van der Waals surface area contributed by atoms with Crippen LogP contribution in [0.1, 0.15) is 19.3 Å². The largest absolute Gasteiger partial charge is 0.484 e. The van der Waals surface area contributed by atoms with Crippen LogP contribution in [0.15, 0.2) is 48.8 Å². The highest BCUT2D eigenvalue weighted by atomic mass is 16.7. The molecule has 22 heteroatoms. The fourth-order valence-electron chi connectivity index (χ4n) is 6.65. The summed E-state index contributed by atoms with van der Waals surface area (Å²) in [5.41, 5.74) is 1.19. The van der Waals surface area contributed by atoms with Gasteiger partial charge in [-0.3, -0.25) is 9.59 Å². The second-order valence-electron chi connectivity index (χ2n) is 14.2. The van der Waals surface area contributed by atoms with E-state index in [1.165, 1.54) is 18.5 Å². The molecule has 2 aromatic carbocycles. The first kappa shape index (κ1) is 44.3. The highest BCUT2D eigenvalue weighted by Crippen LogP contribution is 2.34. The van der Waals surface area contributed by atoms with E-state index in [2.05, 4.69) is 20.6 Å². The SMILES string of the molecule is O=C(COc1ccc2[nH]cc(O[C@@H]3O[C@H](CO)[C@H](O)[C@@H](O)[C@H]3O)c2c1)NCCCCC(NC(=O)COc1ccc2[nH]cc(O[C@@H]3O[C@H](CO)[C@H](O)[C@H](O)[C@H]3O)c2c1)C(=O)O. The molecule has 1 unspecified atom stereocenters. The quantitative estimate of drug-likeness (QED) is 0.0428. The van der Waals surface area contributed by atoms with Crippen LogP contribution in [-0.4, -0.2) is 174 Å². The number of carboxylic acids is 1. The number of unbranched alkanes of at least 4 members (excludes halogenated alkanes) is 1. The molecule has 22 nitrogen and oxygen atoms in total. The Kier molecular flexibility index (Phi) is 14.7. The van der Waals surface area contributed by atoms with Crippen molar-refractivity contribution in [3.05, 3.63) is 48.8 Å². The molecule has 2 aliphatic rings. The van der Waals surface area contributed by atoms with Crippen LogP contribution >= 0.6 is 0 Å². The van der Waals surface area contributed by atoms with E-state index < -0.39 is 105 Å².